The van der Waals surface area contributed by atoms with E-state index in [0.29, 0.717) is 4.90 Å². The Bertz CT molecular complexity index is 585. The molecule has 0 radical (unpaired) electrons. The van der Waals surface area contributed by atoms with Crippen molar-refractivity contribution < 1.29 is 13.2 Å². The van der Waals surface area contributed by atoms with Gasteiger partial charge in [-0.25, -0.2) is 8.42 Å². The molecule has 5 heteroatoms. The second-order valence-corrected chi connectivity index (χ2v) is 7.71. The molecule has 0 saturated carbocycles. The molecule has 2 saturated heterocycles. The third kappa shape index (κ3) is 2.28. The van der Waals surface area contributed by atoms with Gasteiger partial charge in [0.15, 0.2) is 0 Å². The van der Waals surface area contributed by atoms with Crippen molar-refractivity contribution in [2.45, 2.75) is 55.7 Å². The molecular weight excluding hydrogens is 274 g/mol. The quantitative estimate of drug-likeness (QED) is 0.860. The third-order valence-corrected chi connectivity index (χ3v) is 6.52. The summed E-state index contributed by atoms with van der Waals surface area (Å²) in [5, 5.41) is 0. The Morgan fingerprint density at radius 2 is 1.85 bits per heavy atom. The molecule has 0 aromatic heterocycles. The zero-order valence-corrected chi connectivity index (χ0v) is 12.8. The third-order valence-electron chi connectivity index (χ3n) is 4.52. The lowest BCUT2D eigenvalue weighted by Crippen LogP contribution is -2.48. The van der Waals surface area contributed by atoms with Crippen LogP contribution >= 0.6 is 0 Å². The van der Waals surface area contributed by atoms with E-state index in [2.05, 4.69) is 0 Å². The Morgan fingerprint density at radius 1 is 1.20 bits per heavy atom. The van der Waals surface area contributed by atoms with Crippen molar-refractivity contribution in [2.75, 3.05) is 7.11 Å². The van der Waals surface area contributed by atoms with Crippen LogP contribution in [0.2, 0.25) is 0 Å². The summed E-state index contributed by atoms with van der Waals surface area (Å²) in [6.07, 6.45) is 3.75. The van der Waals surface area contributed by atoms with Crippen LogP contribution in [0.5, 0.6) is 0 Å². The second kappa shape index (κ2) is 5.13. The van der Waals surface area contributed by atoms with E-state index in [1.54, 1.807) is 23.5 Å². The van der Waals surface area contributed by atoms with E-state index in [4.69, 9.17) is 4.74 Å². The molecule has 0 spiro atoms. The minimum absolute atomic E-state index is 0.101. The predicted molar refractivity (Wildman–Crippen MR) is 77.0 cm³/mol. The van der Waals surface area contributed by atoms with Crippen LogP contribution in [0.25, 0.3) is 0 Å². The van der Waals surface area contributed by atoms with E-state index in [1.165, 1.54) is 0 Å². The van der Waals surface area contributed by atoms with E-state index >= 15 is 0 Å². The average Bonchev–Trinajstić information content (AvgIpc) is 2.71. The number of hydrogen-bond donors (Lipinski definition) is 0. The van der Waals surface area contributed by atoms with Gasteiger partial charge in [0.25, 0.3) is 0 Å². The number of aryl methyl sites for hydroxylation is 1. The molecule has 110 valence electrons. The van der Waals surface area contributed by atoms with Crippen molar-refractivity contribution in [3.63, 3.8) is 0 Å². The highest BCUT2D eigenvalue weighted by atomic mass is 32.2. The maximum absolute atomic E-state index is 12.9. The molecular formula is C15H21NO3S. The van der Waals surface area contributed by atoms with Gasteiger partial charge in [-0.1, -0.05) is 12.1 Å². The van der Waals surface area contributed by atoms with Crippen LogP contribution in [0.1, 0.15) is 31.2 Å². The van der Waals surface area contributed by atoms with Crippen molar-refractivity contribution in [3.8, 4) is 0 Å². The summed E-state index contributed by atoms with van der Waals surface area (Å²) in [7, 11) is -1.66. The molecule has 2 unspecified atom stereocenters. The highest BCUT2D eigenvalue weighted by molar-refractivity contribution is 7.89. The first-order valence-corrected chi connectivity index (χ1v) is 8.59. The summed E-state index contributed by atoms with van der Waals surface area (Å²) >= 11 is 0. The van der Waals surface area contributed by atoms with Crippen molar-refractivity contribution in [1.29, 1.82) is 0 Å². The van der Waals surface area contributed by atoms with Gasteiger partial charge in [-0.05, 0) is 50.3 Å². The summed E-state index contributed by atoms with van der Waals surface area (Å²) in [6.45, 7) is 1.92. The molecule has 2 atom stereocenters. The molecule has 2 fully saturated rings. The molecule has 0 N–H and O–H groups in total. The number of methoxy groups -OCH3 is 1. The average molecular weight is 295 g/mol. The van der Waals surface area contributed by atoms with Crippen molar-refractivity contribution in [1.82, 2.24) is 4.31 Å². The molecule has 0 aliphatic carbocycles. The summed E-state index contributed by atoms with van der Waals surface area (Å²) in [4.78, 5) is 0.422. The van der Waals surface area contributed by atoms with Crippen molar-refractivity contribution in [2.24, 2.45) is 0 Å². The van der Waals surface area contributed by atoms with Gasteiger partial charge in [0, 0.05) is 19.2 Å². The van der Waals surface area contributed by atoms with E-state index < -0.39 is 10.0 Å². The molecule has 3 rings (SSSR count). The van der Waals surface area contributed by atoms with E-state index in [-0.39, 0.29) is 18.2 Å². The summed E-state index contributed by atoms with van der Waals surface area (Å²) in [5.41, 5.74) is 0.977. The van der Waals surface area contributed by atoms with Crippen molar-refractivity contribution >= 4 is 10.0 Å². The number of ether oxygens (including phenoxy) is 1. The van der Waals surface area contributed by atoms with Crippen LogP contribution in [0.3, 0.4) is 0 Å². The molecule has 20 heavy (non-hydrogen) atoms. The fourth-order valence-electron chi connectivity index (χ4n) is 3.57. The lowest BCUT2D eigenvalue weighted by Gasteiger charge is -2.37. The molecule has 4 nitrogen and oxygen atoms in total. The largest absolute Gasteiger partial charge is 0.381 e. The highest BCUT2D eigenvalue weighted by Crippen LogP contribution is 2.40. The zero-order chi connectivity index (χ0) is 14.3. The first-order chi connectivity index (χ1) is 9.52. The number of sulfonamides is 1. The van der Waals surface area contributed by atoms with Gasteiger partial charge in [0.05, 0.1) is 11.0 Å². The standard InChI is InChI=1S/C15H21NO3S/c1-11-4-3-5-15(8-11)20(17,18)16-12-6-7-13(16)10-14(9-12)19-2/h3-5,8,12-14H,6-7,9-10H2,1-2H3. The molecule has 2 aliphatic heterocycles. The molecule has 0 amide bonds. The summed E-state index contributed by atoms with van der Waals surface area (Å²) in [5.74, 6) is 0. The number of piperidine rings is 1. The van der Waals surface area contributed by atoms with Gasteiger partial charge in [-0.3, -0.25) is 0 Å². The maximum atomic E-state index is 12.9. The maximum Gasteiger partial charge on any atom is 0.243 e. The van der Waals surface area contributed by atoms with Crippen LogP contribution in [-0.4, -0.2) is 38.0 Å². The smallest absolute Gasteiger partial charge is 0.243 e. The predicted octanol–water partition coefficient (Wildman–Crippen LogP) is 2.33. The van der Waals surface area contributed by atoms with Gasteiger partial charge in [-0.2, -0.15) is 4.31 Å². The molecule has 1 aromatic carbocycles. The Kier molecular flexibility index (Phi) is 3.60. The second-order valence-electron chi connectivity index (χ2n) is 5.87. The van der Waals surface area contributed by atoms with Gasteiger partial charge < -0.3 is 4.74 Å². The molecule has 2 heterocycles. The fourth-order valence-corrected chi connectivity index (χ4v) is 5.56. The van der Waals surface area contributed by atoms with E-state index in [1.807, 2.05) is 19.1 Å². The van der Waals surface area contributed by atoms with Gasteiger partial charge in [0.2, 0.25) is 10.0 Å². The topological polar surface area (TPSA) is 46.6 Å². The summed E-state index contributed by atoms with van der Waals surface area (Å²) in [6, 6.07) is 7.39. The van der Waals surface area contributed by atoms with Gasteiger partial charge in [0.1, 0.15) is 0 Å². The first-order valence-electron chi connectivity index (χ1n) is 7.15. The Balaban J connectivity index is 1.93. The molecule has 1 aromatic rings. The molecule has 2 bridgehead atoms. The Morgan fingerprint density at radius 3 is 2.40 bits per heavy atom. The lowest BCUT2D eigenvalue weighted by atomic mass is 10.0. The zero-order valence-electron chi connectivity index (χ0n) is 12.0. The van der Waals surface area contributed by atoms with Crippen LogP contribution in [-0.2, 0) is 14.8 Å². The van der Waals surface area contributed by atoms with Crippen LogP contribution in [0, 0.1) is 6.92 Å². The van der Waals surface area contributed by atoms with E-state index in [0.717, 1.165) is 31.2 Å². The fraction of sp³-hybridized carbons (Fsp3) is 0.600. The van der Waals surface area contributed by atoms with Gasteiger partial charge in [-0.15, -0.1) is 0 Å². The highest BCUT2D eigenvalue weighted by Gasteiger charge is 2.47. The van der Waals surface area contributed by atoms with E-state index in [9.17, 15) is 8.42 Å². The first kappa shape index (κ1) is 14.0. The van der Waals surface area contributed by atoms with Gasteiger partial charge >= 0.3 is 0 Å². The normalized spacial score (nSPS) is 30.6. The number of rotatable bonds is 3. The number of benzene rings is 1. The Hall–Kier alpha value is -0.910. The van der Waals surface area contributed by atoms with Crippen LogP contribution in [0.15, 0.2) is 29.2 Å². The van der Waals surface area contributed by atoms with Crippen LogP contribution < -0.4 is 0 Å². The lowest BCUT2D eigenvalue weighted by molar-refractivity contribution is 0.0349. The Labute approximate surface area is 120 Å². The summed E-state index contributed by atoms with van der Waals surface area (Å²) < 4.78 is 32.9. The molecule has 2 aliphatic rings. The van der Waals surface area contributed by atoms with Crippen molar-refractivity contribution in [3.05, 3.63) is 29.8 Å². The number of fused-ring (bicyclic) bond motifs is 2. The van der Waals surface area contributed by atoms with Crippen LogP contribution in [0.4, 0.5) is 0 Å². The monoisotopic (exact) mass is 295 g/mol. The minimum atomic E-state index is -3.37. The minimum Gasteiger partial charge on any atom is -0.381 e. The number of nitrogens with zero attached hydrogens (tertiary/aromatic N) is 1. The number of hydrogen-bond acceptors (Lipinski definition) is 3. The SMILES string of the molecule is COC1CC2CCC(C1)N2S(=O)(=O)c1cccc(C)c1.